The van der Waals surface area contributed by atoms with Crippen LogP contribution in [0.25, 0.3) is 22.3 Å². The zero-order chi connectivity index (χ0) is 21.8. The van der Waals surface area contributed by atoms with Crippen molar-refractivity contribution in [2.75, 3.05) is 19.0 Å². The minimum absolute atomic E-state index is 0.203. The summed E-state index contributed by atoms with van der Waals surface area (Å²) in [5, 5.41) is 11.5. The maximum Gasteiger partial charge on any atom is 0.218 e. The van der Waals surface area contributed by atoms with Gasteiger partial charge in [-0.25, -0.2) is 0 Å². The highest BCUT2D eigenvalue weighted by atomic mass is 35.5. The predicted molar refractivity (Wildman–Crippen MR) is 125 cm³/mol. The third-order valence-electron chi connectivity index (χ3n) is 4.76. The second-order valence-corrected chi connectivity index (χ2v) is 7.93. The fourth-order valence-corrected chi connectivity index (χ4v) is 3.57. The molecule has 3 aromatic rings. The summed E-state index contributed by atoms with van der Waals surface area (Å²) in [5.41, 5.74) is 5.94. The molecule has 0 aliphatic rings. The average molecular weight is 421 g/mol. The van der Waals surface area contributed by atoms with Gasteiger partial charge >= 0.3 is 0 Å². The molecule has 0 radical (unpaired) electrons. The van der Waals surface area contributed by atoms with E-state index in [0.29, 0.717) is 22.7 Å². The van der Waals surface area contributed by atoms with Gasteiger partial charge in [-0.15, -0.1) is 0 Å². The van der Waals surface area contributed by atoms with Crippen LogP contribution < -0.4 is 4.90 Å². The number of phenols is 1. The molecule has 0 unspecified atom stereocenters. The van der Waals surface area contributed by atoms with Gasteiger partial charge in [0, 0.05) is 37.6 Å². The Kier molecular flexibility index (Phi) is 6.48. The van der Waals surface area contributed by atoms with Gasteiger partial charge in [-0.1, -0.05) is 47.5 Å². The van der Waals surface area contributed by atoms with E-state index in [9.17, 15) is 9.90 Å². The Morgan fingerprint density at radius 1 is 0.867 bits per heavy atom. The lowest BCUT2D eigenvalue weighted by Crippen LogP contribution is -2.15. The molecule has 3 aromatic carbocycles. The van der Waals surface area contributed by atoms with Gasteiger partial charge in [0.05, 0.1) is 10.7 Å². The van der Waals surface area contributed by atoms with Crippen LogP contribution in [-0.4, -0.2) is 30.5 Å². The molecule has 1 N–H and O–H groups in total. The van der Waals surface area contributed by atoms with Gasteiger partial charge in [0.15, 0.2) is 0 Å². The lowest BCUT2D eigenvalue weighted by atomic mass is 9.94. The number of halogens is 1. The number of carbonyl (C=O) groups is 1. The molecule has 154 valence electrons. The van der Waals surface area contributed by atoms with Crippen LogP contribution in [0.15, 0.2) is 67.0 Å². The molecule has 0 atom stereocenters. The van der Waals surface area contributed by atoms with E-state index in [4.69, 9.17) is 11.6 Å². The molecule has 4 nitrogen and oxygen atoms in total. The van der Waals surface area contributed by atoms with Crippen molar-refractivity contribution in [2.45, 2.75) is 13.8 Å². The Morgan fingerprint density at radius 2 is 1.53 bits per heavy atom. The Bertz CT molecular complexity index is 1110. The van der Waals surface area contributed by atoms with E-state index in [0.717, 1.165) is 27.8 Å². The highest BCUT2D eigenvalue weighted by molar-refractivity contribution is 6.34. The van der Waals surface area contributed by atoms with Crippen molar-refractivity contribution < 1.29 is 9.90 Å². The summed E-state index contributed by atoms with van der Waals surface area (Å²) < 4.78 is 0. The number of nitrogens with zero attached hydrogens (tertiary/aromatic N) is 2. The fraction of sp³-hybridized carbons (Fsp3) is 0.160. The number of carbonyl (C=O) groups excluding carboxylic acids is 1. The summed E-state index contributed by atoms with van der Waals surface area (Å²) in [6.07, 6.45) is 4.12. The smallest absolute Gasteiger partial charge is 0.218 e. The van der Waals surface area contributed by atoms with Gasteiger partial charge in [-0.05, 0) is 54.8 Å². The molecule has 0 aromatic heterocycles. The van der Waals surface area contributed by atoms with Gasteiger partial charge in [-0.2, -0.15) is 0 Å². The van der Waals surface area contributed by atoms with Crippen LogP contribution in [0.2, 0.25) is 5.02 Å². The van der Waals surface area contributed by atoms with Crippen LogP contribution in [0.5, 0.6) is 5.75 Å². The largest absolute Gasteiger partial charge is 0.507 e. The molecule has 0 heterocycles. The first-order valence-corrected chi connectivity index (χ1v) is 9.97. The summed E-state index contributed by atoms with van der Waals surface area (Å²) >= 11 is 6.51. The number of hydrogen-bond acceptors (Lipinski definition) is 3. The first kappa shape index (κ1) is 21.5. The van der Waals surface area contributed by atoms with Crippen molar-refractivity contribution in [3.8, 4) is 28.0 Å². The number of aryl methyl sites for hydroxylation is 2. The number of rotatable bonds is 6. The highest BCUT2D eigenvalue weighted by Gasteiger charge is 2.15. The molecular formula is C25H25ClN2O2. The maximum absolute atomic E-state index is 11.5. The standard InChI is InChI=1S/C25H25ClN2O2/c1-17-6-5-7-19(12-17)21-13-18(2)14-22(25(21)30)20-8-9-24(23(26)15-20)28(16-29)11-10-27(3)4/h5-16,30H,1-4H3/b11-10-. The number of hydrogen-bond donors (Lipinski definition) is 1. The van der Waals surface area contributed by atoms with Gasteiger partial charge in [-0.3, -0.25) is 9.69 Å². The third-order valence-corrected chi connectivity index (χ3v) is 5.06. The normalized spacial score (nSPS) is 11.0. The van der Waals surface area contributed by atoms with Crippen molar-refractivity contribution >= 4 is 23.7 Å². The number of anilines is 1. The topological polar surface area (TPSA) is 43.8 Å². The van der Waals surface area contributed by atoms with Crippen LogP contribution in [0.1, 0.15) is 11.1 Å². The summed E-state index contributed by atoms with van der Waals surface area (Å²) in [4.78, 5) is 14.8. The molecule has 1 amide bonds. The quantitative estimate of drug-likeness (QED) is 0.498. The minimum Gasteiger partial charge on any atom is -0.507 e. The molecule has 5 heteroatoms. The number of amides is 1. The molecule has 0 bridgehead atoms. The second kappa shape index (κ2) is 9.06. The molecule has 0 spiro atoms. The van der Waals surface area contributed by atoms with Crippen molar-refractivity contribution in [3.05, 3.63) is 83.1 Å². The van der Waals surface area contributed by atoms with E-state index in [-0.39, 0.29) is 5.75 Å². The molecule has 0 aliphatic carbocycles. The van der Waals surface area contributed by atoms with Gasteiger partial charge < -0.3 is 10.0 Å². The molecule has 3 rings (SSSR count). The highest BCUT2D eigenvalue weighted by Crippen LogP contribution is 2.41. The Morgan fingerprint density at radius 3 is 2.10 bits per heavy atom. The zero-order valence-corrected chi connectivity index (χ0v) is 18.3. The van der Waals surface area contributed by atoms with Crippen LogP contribution >= 0.6 is 11.6 Å². The number of phenolic OH excluding ortho intramolecular Hbond substituents is 1. The monoisotopic (exact) mass is 420 g/mol. The van der Waals surface area contributed by atoms with Crippen molar-refractivity contribution in [3.63, 3.8) is 0 Å². The van der Waals surface area contributed by atoms with E-state index in [1.165, 1.54) is 4.90 Å². The summed E-state index contributed by atoms with van der Waals surface area (Å²) in [7, 11) is 3.74. The average Bonchev–Trinajstić information content (AvgIpc) is 2.70. The molecule has 0 fully saturated rings. The Balaban J connectivity index is 2.06. The molecular weight excluding hydrogens is 396 g/mol. The summed E-state index contributed by atoms with van der Waals surface area (Å²) in [5.74, 6) is 0.203. The third kappa shape index (κ3) is 4.66. The first-order chi connectivity index (χ1) is 14.3. The van der Waals surface area contributed by atoms with Crippen molar-refractivity contribution in [1.29, 1.82) is 0 Å². The molecule has 0 aliphatic heterocycles. The number of benzene rings is 3. The second-order valence-electron chi connectivity index (χ2n) is 7.52. The fourth-order valence-electron chi connectivity index (χ4n) is 3.29. The van der Waals surface area contributed by atoms with Crippen molar-refractivity contribution in [1.82, 2.24) is 4.90 Å². The van der Waals surface area contributed by atoms with Crippen LogP contribution in [0.4, 0.5) is 5.69 Å². The van der Waals surface area contributed by atoms with E-state index in [1.807, 2.05) is 75.3 Å². The van der Waals surface area contributed by atoms with E-state index in [2.05, 4.69) is 0 Å². The van der Waals surface area contributed by atoms with Crippen molar-refractivity contribution in [2.24, 2.45) is 0 Å². The van der Waals surface area contributed by atoms with Crippen LogP contribution in [0, 0.1) is 13.8 Å². The number of aromatic hydroxyl groups is 1. The summed E-state index contributed by atoms with van der Waals surface area (Å²) in [6, 6.07) is 17.4. The molecule has 0 saturated carbocycles. The molecule has 0 saturated heterocycles. The van der Waals surface area contributed by atoms with E-state index >= 15 is 0 Å². The lowest BCUT2D eigenvalue weighted by Gasteiger charge is -2.17. The van der Waals surface area contributed by atoms with Gasteiger partial charge in [0.2, 0.25) is 6.41 Å². The van der Waals surface area contributed by atoms with Gasteiger partial charge in [0.25, 0.3) is 0 Å². The molecule has 30 heavy (non-hydrogen) atoms. The SMILES string of the molecule is Cc1cccc(-c2cc(C)cc(-c3ccc(N(C=O)/C=C\N(C)C)c(Cl)c3)c2O)c1. The van der Waals surface area contributed by atoms with Crippen LogP contribution in [0.3, 0.4) is 0 Å². The van der Waals surface area contributed by atoms with Gasteiger partial charge in [0.1, 0.15) is 5.75 Å². The zero-order valence-electron chi connectivity index (χ0n) is 17.6. The lowest BCUT2D eigenvalue weighted by molar-refractivity contribution is -0.106. The van der Waals surface area contributed by atoms with Crippen LogP contribution in [-0.2, 0) is 4.79 Å². The maximum atomic E-state index is 11.5. The summed E-state index contributed by atoms with van der Waals surface area (Å²) in [6.45, 7) is 4.03. The first-order valence-electron chi connectivity index (χ1n) is 9.59. The Hall–Kier alpha value is -3.24. The van der Waals surface area contributed by atoms with E-state index < -0.39 is 0 Å². The predicted octanol–water partition coefficient (Wildman–Crippen LogP) is 5.99. The Labute approximate surface area is 182 Å². The minimum atomic E-state index is 0.203. The van der Waals surface area contributed by atoms with E-state index in [1.54, 1.807) is 24.5 Å².